The average molecular weight is 421 g/mol. The SMILES string of the molecule is COc1ccccc1N1CCN(C(=O)c2cc(-c3ccc4c(c3)OCCO4)on2)CC1. The Balaban J connectivity index is 1.26. The van der Waals surface area contributed by atoms with Crippen molar-refractivity contribution < 1.29 is 23.5 Å². The Bertz CT molecular complexity index is 1090. The molecule has 31 heavy (non-hydrogen) atoms. The van der Waals surface area contributed by atoms with E-state index < -0.39 is 0 Å². The summed E-state index contributed by atoms with van der Waals surface area (Å²) in [7, 11) is 1.67. The smallest absolute Gasteiger partial charge is 0.276 e. The van der Waals surface area contributed by atoms with Crippen LogP contribution in [0.25, 0.3) is 11.3 Å². The number of piperazine rings is 1. The summed E-state index contributed by atoms with van der Waals surface area (Å²) in [6.07, 6.45) is 0. The Morgan fingerprint density at radius 1 is 0.968 bits per heavy atom. The fraction of sp³-hybridized carbons (Fsp3) is 0.304. The van der Waals surface area contributed by atoms with Gasteiger partial charge in [0.15, 0.2) is 23.0 Å². The van der Waals surface area contributed by atoms with Gasteiger partial charge in [0, 0.05) is 37.8 Å². The molecule has 0 unspecified atom stereocenters. The lowest BCUT2D eigenvalue weighted by Gasteiger charge is -2.36. The van der Waals surface area contributed by atoms with Crippen LogP contribution >= 0.6 is 0 Å². The molecule has 1 aromatic heterocycles. The number of ether oxygens (including phenoxy) is 3. The van der Waals surface area contributed by atoms with Crippen LogP contribution in [0.15, 0.2) is 53.1 Å². The van der Waals surface area contributed by atoms with Gasteiger partial charge in [-0.25, -0.2) is 0 Å². The number of para-hydroxylation sites is 2. The number of methoxy groups -OCH3 is 1. The van der Waals surface area contributed by atoms with Crippen molar-refractivity contribution in [3.63, 3.8) is 0 Å². The van der Waals surface area contributed by atoms with Crippen molar-refractivity contribution in [2.24, 2.45) is 0 Å². The maximum atomic E-state index is 13.0. The fourth-order valence-corrected chi connectivity index (χ4v) is 3.91. The average Bonchev–Trinajstić information content (AvgIpc) is 3.34. The van der Waals surface area contributed by atoms with E-state index in [-0.39, 0.29) is 5.91 Å². The van der Waals surface area contributed by atoms with Gasteiger partial charge < -0.3 is 28.5 Å². The van der Waals surface area contributed by atoms with Gasteiger partial charge in [-0.1, -0.05) is 17.3 Å². The first-order chi connectivity index (χ1) is 15.2. The molecule has 5 rings (SSSR count). The van der Waals surface area contributed by atoms with Gasteiger partial charge in [-0.2, -0.15) is 0 Å². The standard InChI is InChI=1S/C23H23N3O5/c1-28-19-5-3-2-4-18(19)25-8-10-26(11-9-25)23(27)17-15-21(31-24-17)16-6-7-20-22(14-16)30-13-12-29-20/h2-7,14-15H,8-13H2,1H3. The molecule has 0 bridgehead atoms. The van der Waals surface area contributed by atoms with Crippen LogP contribution in [0.2, 0.25) is 0 Å². The zero-order chi connectivity index (χ0) is 21.2. The maximum absolute atomic E-state index is 13.0. The lowest BCUT2D eigenvalue weighted by molar-refractivity contribution is 0.0736. The van der Waals surface area contributed by atoms with E-state index in [1.807, 2.05) is 42.5 Å². The predicted molar refractivity (Wildman–Crippen MR) is 114 cm³/mol. The van der Waals surface area contributed by atoms with Crippen LogP contribution in [0, 0.1) is 0 Å². The third kappa shape index (κ3) is 3.76. The molecule has 2 aliphatic heterocycles. The molecule has 0 atom stereocenters. The second-order valence-corrected chi connectivity index (χ2v) is 7.39. The number of amides is 1. The molecule has 0 N–H and O–H groups in total. The van der Waals surface area contributed by atoms with Crippen molar-refractivity contribution in [3.05, 3.63) is 54.2 Å². The normalized spacial score (nSPS) is 15.6. The summed E-state index contributed by atoms with van der Waals surface area (Å²) < 4.78 is 22.1. The summed E-state index contributed by atoms with van der Waals surface area (Å²) in [6.45, 7) is 3.69. The Morgan fingerprint density at radius 2 is 1.74 bits per heavy atom. The minimum Gasteiger partial charge on any atom is -0.495 e. The van der Waals surface area contributed by atoms with E-state index in [2.05, 4.69) is 10.1 Å². The van der Waals surface area contributed by atoms with Crippen molar-refractivity contribution in [2.75, 3.05) is 51.4 Å². The topological polar surface area (TPSA) is 77.3 Å². The Morgan fingerprint density at radius 3 is 2.55 bits per heavy atom. The number of carbonyl (C=O) groups excluding carboxylic acids is 1. The molecule has 0 radical (unpaired) electrons. The summed E-state index contributed by atoms with van der Waals surface area (Å²) >= 11 is 0. The second kappa shape index (κ2) is 8.22. The van der Waals surface area contributed by atoms with Crippen LogP contribution in [-0.4, -0.2) is 62.5 Å². The highest BCUT2D eigenvalue weighted by molar-refractivity contribution is 5.93. The van der Waals surface area contributed by atoms with E-state index in [0.29, 0.717) is 49.3 Å². The van der Waals surface area contributed by atoms with E-state index in [4.69, 9.17) is 18.7 Å². The Kier molecular flexibility index (Phi) is 5.11. The minimum absolute atomic E-state index is 0.132. The molecular weight excluding hydrogens is 398 g/mol. The number of anilines is 1. The van der Waals surface area contributed by atoms with Crippen molar-refractivity contribution in [3.8, 4) is 28.6 Å². The molecule has 2 aliphatic rings. The van der Waals surface area contributed by atoms with Gasteiger partial charge >= 0.3 is 0 Å². The van der Waals surface area contributed by atoms with E-state index in [0.717, 1.165) is 30.1 Å². The number of carbonyl (C=O) groups is 1. The van der Waals surface area contributed by atoms with Crippen LogP contribution in [0.4, 0.5) is 5.69 Å². The van der Waals surface area contributed by atoms with Crippen molar-refractivity contribution >= 4 is 11.6 Å². The van der Waals surface area contributed by atoms with Gasteiger partial charge in [-0.3, -0.25) is 4.79 Å². The molecular formula is C23H23N3O5. The molecule has 3 heterocycles. The van der Waals surface area contributed by atoms with Crippen LogP contribution in [0.1, 0.15) is 10.5 Å². The highest BCUT2D eigenvalue weighted by atomic mass is 16.6. The maximum Gasteiger partial charge on any atom is 0.276 e. The number of nitrogens with zero attached hydrogens (tertiary/aromatic N) is 3. The predicted octanol–water partition coefficient (Wildman–Crippen LogP) is 3.08. The number of fused-ring (bicyclic) bond motifs is 1. The van der Waals surface area contributed by atoms with Crippen molar-refractivity contribution in [1.29, 1.82) is 0 Å². The quantitative estimate of drug-likeness (QED) is 0.641. The fourth-order valence-electron chi connectivity index (χ4n) is 3.91. The first-order valence-corrected chi connectivity index (χ1v) is 10.3. The number of hydrogen-bond acceptors (Lipinski definition) is 7. The second-order valence-electron chi connectivity index (χ2n) is 7.39. The van der Waals surface area contributed by atoms with Crippen LogP contribution in [0.3, 0.4) is 0 Å². The van der Waals surface area contributed by atoms with Gasteiger partial charge in [-0.05, 0) is 30.3 Å². The zero-order valence-electron chi connectivity index (χ0n) is 17.2. The molecule has 160 valence electrons. The summed E-state index contributed by atoms with van der Waals surface area (Å²) in [4.78, 5) is 17.0. The molecule has 0 aliphatic carbocycles. The van der Waals surface area contributed by atoms with Gasteiger partial charge in [0.1, 0.15) is 19.0 Å². The lowest BCUT2D eigenvalue weighted by Crippen LogP contribution is -2.49. The third-order valence-electron chi connectivity index (χ3n) is 5.55. The zero-order valence-corrected chi connectivity index (χ0v) is 17.2. The number of rotatable bonds is 4. The highest BCUT2D eigenvalue weighted by Crippen LogP contribution is 2.35. The van der Waals surface area contributed by atoms with Gasteiger partial charge in [0.25, 0.3) is 5.91 Å². The van der Waals surface area contributed by atoms with E-state index in [1.165, 1.54) is 0 Å². The Hall–Kier alpha value is -3.68. The lowest BCUT2D eigenvalue weighted by atomic mass is 10.1. The summed E-state index contributed by atoms with van der Waals surface area (Å²) in [6, 6.07) is 15.2. The molecule has 3 aromatic rings. The number of aromatic nitrogens is 1. The largest absolute Gasteiger partial charge is 0.495 e. The third-order valence-corrected chi connectivity index (χ3v) is 5.55. The summed E-state index contributed by atoms with van der Waals surface area (Å²) in [5.74, 6) is 2.60. The van der Waals surface area contributed by atoms with Crippen LogP contribution < -0.4 is 19.1 Å². The van der Waals surface area contributed by atoms with Gasteiger partial charge in [0.05, 0.1) is 12.8 Å². The van der Waals surface area contributed by atoms with Gasteiger partial charge in [0.2, 0.25) is 0 Å². The van der Waals surface area contributed by atoms with Crippen molar-refractivity contribution in [2.45, 2.75) is 0 Å². The minimum atomic E-state index is -0.132. The van der Waals surface area contributed by atoms with Crippen LogP contribution in [0.5, 0.6) is 17.2 Å². The van der Waals surface area contributed by atoms with Gasteiger partial charge in [-0.15, -0.1) is 0 Å². The molecule has 0 saturated carbocycles. The van der Waals surface area contributed by atoms with Crippen LogP contribution in [-0.2, 0) is 0 Å². The molecule has 1 amide bonds. The van der Waals surface area contributed by atoms with E-state index in [9.17, 15) is 4.79 Å². The molecule has 8 nitrogen and oxygen atoms in total. The molecule has 8 heteroatoms. The molecule has 1 saturated heterocycles. The van der Waals surface area contributed by atoms with E-state index >= 15 is 0 Å². The molecule has 1 fully saturated rings. The Labute approximate surface area is 179 Å². The number of hydrogen-bond donors (Lipinski definition) is 0. The summed E-state index contributed by atoms with van der Waals surface area (Å²) in [5.41, 5.74) is 2.13. The highest BCUT2D eigenvalue weighted by Gasteiger charge is 2.26. The van der Waals surface area contributed by atoms with E-state index in [1.54, 1.807) is 18.1 Å². The molecule has 0 spiro atoms. The monoisotopic (exact) mass is 421 g/mol. The first kappa shape index (κ1) is 19.3. The summed E-state index contributed by atoms with van der Waals surface area (Å²) in [5, 5.41) is 4.01. The first-order valence-electron chi connectivity index (χ1n) is 10.3. The number of benzene rings is 2. The van der Waals surface area contributed by atoms with Crippen molar-refractivity contribution in [1.82, 2.24) is 10.1 Å². The molecule has 2 aromatic carbocycles.